The van der Waals surface area contributed by atoms with E-state index < -0.39 is 0 Å². The van der Waals surface area contributed by atoms with E-state index >= 15 is 0 Å². The first kappa shape index (κ1) is 13.7. The van der Waals surface area contributed by atoms with Crippen LogP contribution in [0.4, 0.5) is 0 Å². The van der Waals surface area contributed by atoms with Gasteiger partial charge >= 0.3 is 0 Å². The van der Waals surface area contributed by atoms with Gasteiger partial charge in [-0.1, -0.05) is 6.92 Å². The fourth-order valence-corrected chi connectivity index (χ4v) is 4.58. The van der Waals surface area contributed by atoms with Gasteiger partial charge in [0, 0.05) is 29.5 Å². The molecule has 0 spiro atoms. The van der Waals surface area contributed by atoms with Crippen molar-refractivity contribution in [3.63, 3.8) is 0 Å². The highest BCUT2D eigenvalue weighted by Gasteiger charge is 2.28. The third-order valence-electron chi connectivity index (χ3n) is 3.20. The van der Waals surface area contributed by atoms with E-state index in [9.17, 15) is 0 Å². The lowest BCUT2D eigenvalue weighted by Crippen LogP contribution is -2.42. The Morgan fingerprint density at radius 3 is 3.06 bits per heavy atom. The molecule has 1 aliphatic rings. The van der Waals surface area contributed by atoms with Crippen LogP contribution in [0, 0.1) is 0 Å². The molecule has 2 heterocycles. The van der Waals surface area contributed by atoms with Crippen LogP contribution in [0.2, 0.25) is 0 Å². The van der Waals surface area contributed by atoms with Crippen LogP contribution < -0.4 is 0 Å². The van der Waals surface area contributed by atoms with E-state index in [1.54, 1.807) is 11.3 Å². The SMILES string of the molecule is CCC(c1nc(CCl)cs1)N1CCSCC1C. The summed E-state index contributed by atoms with van der Waals surface area (Å²) in [5.74, 6) is 3.01. The molecule has 0 amide bonds. The third-order valence-corrected chi connectivity index (χ3v) is 5.66. The molecule has 0 radical (unpaired) electrons. The fourth-order valence-electron chi connectivity index (χ4n) is 2.29. The van der Waals surface area contributed by atoms with E-state index in [-0.39, 0.29) is 0 Å². The Balaban J connectivity index is 2.14. The molecule has 0 saturated carbocycles. The Morgan fingerprint density at radius 1 is 1.65 bits per heavy atom. The van der Waals surface area contributed by atoms with Gasteiger partial charge in [0.25, 0.3) is 0 Å². The summed E-state index contributed by atoms with van der Waals surface area (Å²) in [5.41, 5.74) is 1.02. The lowest BCUT2D eigenvalue weighted by Gasteiger charge is -2.38. The van der Waals surface area contributed by atoms with Gasteiger partial charge in [0.15, 0.2) is 0 Å². The maximum atomic E-state index is 5.83. The molecule has 2 rings (SSSR count). The van der Waals surface area contributed by atoms with Crippen LogP contribution in [-0.4, -0.2) is 34.0 Å². The molecule has 0 N–H and O–H groups in total. The molecule has 1 saturated heterocycles. The topological polar surface area (TPSA) is 16.1 Å². The Morgan fingerprint density at radius 2 is 2.47 bits per heavy atom. The van der Waals surface area contributed by atoms with Crippen molar-refractivity contribution in [3.05, 3.63) is 16.1 Å². The highest BCUT2D eigenvalue weighted by Crippen LogP contribution is 2.32. The standard InChI is InChI=1S/C12H19ClN2S2/c1-3-11(12-14-10(6-13)8-17-12)15-4-5-16-7-9(15)2/h8-9,11H,3-7H2,1-2H3. The van der Waals surface area contributed by atoms with Gasteiger partial charge in [0.05, 0.1) is 17.6 Å². The Labute approximate surface area is 117 Å². The fraction of sp³-hybridized carbons (Fsp3) is 0.750. The van der Waals surface area contributed by atoms with E-state index in [0.717, 1.165) is 12.1 Å². The van der Waals surface area contributed by atoms with Gasteiger partial charge < -0.3 is 0 Å². The largest absolute Gasteiger partial charge is 0.290 e. The van der Waals surface area contributed by atoms with Crippen LogP contribution in [0.3, 0.4) is 0 Å². The number of halogens is 1. The monoisotopic (exact) mass is 290 g/mol. The number of alkyl halides is 1. The second-order valence-electron chi connectivity index (χ2n) is 4.40. The molecule has 0 aliphatic carbocycles. The lowest BCUT2D eigenvalue weighted by molar-refractivity contribution is 0.157. The first-order valence-corrected chi connectivity index (χ1v) is 8.67. The molecule has 17 heavy (non-hydrogen) atoms. The van der Waals surface area contributed by atoms with Crippen molar-refractivity contribution in [2.24, 2.45) is 0 Å². The average molecular weight is 291 g/mol. The molecule has 0 aromatic carbocycles. The molecule has 96 valence electrons. The Kier molecular flexibility index (Phi) is 5.15. The minimum Gasteiger partial charge on any atom is -0.290 e. The molecule has 2 unspecified atom stereocenters. The van der Waals surface area contributed by atoms with Crippen molar-refractivity contribution in [2.75, 3.05) is 18.1 Å². The predicted octanol–water partition coefficient (Wildman–Crippen LogP) is 3.77. The summed E-state index contributed by atoms with van der Waals surface area (Å²) in [6, 6.07) is 1.13. The minimum atomic E-state index is 0.480. The van der Waals surface area contributed by atoms with Gasteiger partial charge in [-0.2, -0.15) is 11.8 Å². The molecule has 5 heteroatoms. The van der Waals surface area contributed by atoms with E-state index in [1.807, 2.05) is 0 Å². The summed E-state index contributed by atoms with van der Waals surface area (Å²) < 4.78 is 0. The molecule has 1 aromatic heterocycles. The van der Waals surface area contributed by atoms with Crippen molar-refractivity contribution in [2.45, 2.75) is 38.2 Å². The van der Waals surface area contributed by atoms with Crippen LogP contribution in [0.15, 0.2) is 5.38 Å². The zero-order chi connectivity index (χ0) is 12.3. The maximum absolute atomic E-state index is 5.83. The van der Waals surface area contributed by atoms with Crippen LogP contribution in [0.1, 0.15) is 37.0 Å². The van der Waals surface area contributed by atoms with E-state index in [1.165, 1.54) is 23.1 Å². The number of thiazole rings is 1. The van der Waals surface area contributed by atoms with E-state index in [4.69, 9.17) is 11.6 Å². The highest BCUT2D eigenvalue weighted by molar-refractivity contribution is 7.99. The highest BCUT2D eigenvalue weighted by atomic mass is 35.5. The molecule has 2 nitrogen and oxygen atoms in total. The number of hydrogen-bond acceptors (Lipinski definition) is 4. The van der Waals surface area contributed by atoms with E-state index in [0.29, 0.717) is 18.0 Å². The summed E-state index contributed by atoms with van der Waals surface area (Å²) in [6.07, 6.45) is 1.13. The Hall–Kier alpha value is 0.230. The zero-order valence-electron chi connectivity index (χ0n) is 10.4. The van der Waals surface area contributed by atoms with Crippen molar-refractivity contribution >= 4 is 34.7 Å². The number of thioether (sulfide) groups is 1. The molecule has 1 fully saturated rings. The first-order chi connectivity index (χ1) is 8.26. The van der Waals surface area contributed by atoms with Gasteiger partial charge in [-0.3, -0.25) is 4.90 Å². The smallest absolute Gasteiger partial charge is 0.110 e. The summed E-state index contributed by atoms with van der Waals surface area (Å²) in [4.78, 5) is 7.25. The van der Waals surface area contributed by atoms with Gasteiger partial charge in [0.1, 0.15) is 5.01 Å². The third kappa shape index (κ3) is 3.16. The molecular weight excluding hydrogens is 272 g/mol. The van der Waals surface area contributed by atoms with Crippen molar-refractivity contribution < 1.29 is 0 Å². The summed E-state index contributed by atoms with van der Waals surface area (Å²) in [6.45, 7) is 5.76. The molecule has 0 bridgehead atoms. The quantitative estimate of drug-likeness (QED) is 0.785. The van der Waals surface area contributed by atoms with Crippen molar-refractivity contribution in [3.8, 4) is 0 Å². The first-order valence-electron chi connectivity index (χ1n) is 6.10. The number of hydrogen-bond donors (Lipinski definition) is 0. The number of aromatic nitrogens is 1. The summed E-state index contributed by atoms with van der Waals surface area (Å²) >= 11 is 9.65. The average Bonchev–Trinajstić information content (AvgIpc) is 2.81. The summed E-state index contributed by atoms with van der Waals surface area (Å²) in [7, 11) is 0. The second-order valence-corrected chi connectivity index (χ2v) is 6.70. The number of rotatable bonds is 4. The van der Waals surface area contributed by atoms with Crippen molar-refractivity contribution in [1.82, 2.24) is 9.88 Å². The van der Waals surface area contributed by atoms with Gasteiger partial charge in [-0.25, -0.2) is 4.98 Å². The Bertz CT molecular complexity index is 356. The molecule has 1 aliphatic heterocycles. The summed E-state index contributed by atoms with van der Waals surface area (Å²) in [5, 5.41) is 3.33. The molecule has 1 aromatic rings. The van der Waals surface area contributed by atoms with Gasteiger partial charge in [-0.05, 0) is 13.3 Å². The molecule has 2 atom stereocenters. The normalized spacial score (nSPS) is 23.8. The van der Waals surface area contributed by atoms with Gasteiger partial charge in [0.2, 0.25) is 0 Å². The number of nitrogens with zero attached hydrogens (tertiary/aromatic N) is 2. The zero-order valence-corrected chi connectivity index (χ0v) is 12.7. The van der Waals surface area contributed by atoms with Crippen LogP contribution in [0.25, 0.3) is 0 Å². The van der Waals surface area contributed by atoms with Crippen LogP contribution >= 0.6 is 34.7 Å². The van der Waals surface area contributed by atoms with Crippen LogP contribution in [0.5, 0.6) is 0 Å². The van der Waals surface area contributed by atoms with Gasteiger partial charge in [-0.15, -0.1) is 22.9 Å². The molecular formula is C12H19ClN2S2. The second kappa shape index (κ2) is 6.41. The minimum absolute atomic E-state index is 0.480. The van der Waals surface area contributed by atoms with E-state index in [2.05, 4.69) is 40.9 Å². The lowest BCUT2D eigenvalue weighted by atomic mass is 10.1. The predicted molar refractivity (Wildman–Crippen MR) is 78.2 cm³/mol. The van der Waals surface area contributed by atoms with Crippen LogP contribution in [-0.2, 0) is 5.88 Å². The van der Waals surface area contributed by atoms with Crippen molar-refractivity contribution in [1.29, 1.82) is 0 Å². The maximum Gasteiger partial charge on any atom is 0.110 e.